The number of aromatic nitrogens is 1. The van der Waals surface area contributed by atoms with E-state index >= 15 is 0 Å². The predicted molar refractivity (Wildman–Crippen MR) is 95.4 cm³/mol. The number of benzene rings is 1. The first-order valence-electron chi connectivity index (χ1n) is 8.03. The summed E-state index contributed by atoms with van der Waals surface area (Å²) in [5, 5.41) is 7.46. The van der Waals surface area contributed by atoms with Gasteiger partial charge in [-0.15, -0.1) is 11.3 Å². The number of fused-ring (bicyclic) bond motifs is 1. The Morgan fingerprint density at radius 1 is 1.40 bits per heavy atom. The van der Waals surface area contributed by atoms with Gasteiger partial charge in [-0.2, -0.15) is 0 Å². The molecular weight excluding hydrogens is 343 g/mol. The molecule has 2 N–H and O–H groups in total. The van der Waals surface area contributed by atoms with Crippen LogP contribution in [0.1, 0.15) is 21.0 Å². The minimum absolute atomic E-state index is 0.204. The van der Waals surface area contributed by atoms with Gasteiger partial charge < -0.3 is 20.1 Å². The number of aryl methyl sites for hydroxylation is 1. The average molecular weight is 364 g/mol. The molecule has 0 fully saturated rings. The molecule has 0 unspecified atom stereocenters. The Balaban J connectivity index is 1.54. The summed E-state index contributed by atoms with van der Waals surface area (Å²) in [6.07, 6.45) is 2.48. The van der Waals surface area contributed by atoms with E-state index < -0.39 is 0 Å². The maximum absolute atomic E-state index is 13.7. The quantitative estimate of drug-likeness (QED) is 0.630. The summed E-state index contributed by atoms with van der Waals surface area (Å²) in [6, 6.07) is 2.97. The van der Waals surface area contributed by atoms with E-state index in [9.17, 15) is 4.39 Å². The second-order valence-corrected chi connectivity index (χ2v) is 6.95. The van der Waals surface area contributed by atoms with Crippen molar-refractivity contribution < 1.29 is 13.9 Å². The number of ether oxygens (including phenoxy) is 2. The van der Waals surface area contributed by atoms with Crippen molar-refractivity contribution in [2.24, 2.45) is 4.99 Å². The van der Waals surface area contributed by atoms with E-state index in [2.05, 4.69) is 20.6 Å². The van der Waals surface area contributed by atoms with Gasteiger partial charge in [0.15, 0.2) is 12.8 Å². The lowest BCUT2D eigenvalue weighted by Gasteiger charge is -2.21. The highest BCUT2D eigenvalue weighted by molar-refractivity contribution is 7.11. The highest BCUT2D eigenvalue weighted by Gasteiger charge is 2.16. The second kappa shape index (κ2) is 8.26. The highest BCUT2D eigenvalue weighted by Crippen LogP contribution is 2.29. The van der Waals surface area contributed by atoms with E-state index in [-0.39, 0.29) is 12.6 Å². The second-order valence-electron chi connectivity index (χ2n) is 5.63. The van der Waals surface area contributed by atoms with Crippen LogP contribution in [-0.4, -0.2) is 31.3 Å². The Bertz CT molecular complexity index is 763. The first-order chi connectivity index (χ1) is 12.2. The molecule has 2 heterocycles. The topological polar surface area (TPSA) is 67.8 Å². The molecule has 1 aliphatic heterocycles. The van der Waals surface area contributed by atoms with Gasteiger partial charge in [0.25, 0.3) is 0 Å². The first kappa shape index (κ1) is 17.6. The van der Waals surface area contributed by atoms with Crippen LogP contribution in [0.2, 0.25) is 0 Å². The van der Waals surface area contributed by atoms with Crippen LogP contribution < -0.4 is 15.4 Å². The van der Waals surface area contributed by atoms with Crippen molar-refractivity contribution in [3.63, 3.8) is 0 Å². The van der Waals surface area contributed by atoms with Crippen molar-refractivity contribution in [1.29, 1.82) is 0 Å². The smallest absolute Gasteiger partial charge is 0.191 e. The number of halogens is 1. The third-order valence-electron chi connectivity index (χ3n) is 3.74. The third kappa shape index (κ3) is 4.67. The number of hydrogen-bond donors (Lipinski definition) is 2. The van der Waals surface area contributed by atoms with E-state index in [1.807, 2.05) is 13.1 Å². The molecule has 3 rings (SSSR count). The summed E-state index contributed by atoms with van der Waals surface area (Å²) < 4.78 is 24.5. The zero-order chi connectivity index (χ0) is 17.6. The van der Waals surface area contributed by atoms with Crippen molar-refractivity contribution in [3.05, 3.63) is 45.2 Å². The van der Waals surface area contributed by atoms with Crippen molar-refractivity contribution in [2.75, 3.05) is 20.4 Å². The summed E-state index contributed by atoms with van der Waals surface area (Å²) in [7, 11) is 1.72. The van der Waals surface area contributed by atoms with Gasteiger partial charge >= 0.3 is 0 Å². The van der Waals surface area contributed by atoms with Gasteiger partial charge in [0, 0.05) is 30.2 Å². The fraction of sp³-hybridized carbons (Fsp3) is 0.412. The molecule has 0 amide bonds. The van der Waals surface area contributed by atoms with Crippen LogP contribution in [0, 0.1) is 12.7 Å². The van der Waals surface area contributed by atoms with Crippen molar-refractivity contribution in [1.82, 2.24) is 15.6 Å². The molecule has 1 aromatic carbocycles. The van der Waals surface area contributed by atoms with Gasteiger partial charge in [0.2, 0.25) is 0 Å². The van der Waals surface area contributed by atoms with E-state index in [1.54, 1.807) is 18.4 Å². The Labute approximate surface area is 150 Å². The molecule has 0 atom stereocenters. The lowest BCUT2D eigenvalue weighted by Crippen LogP contribution is -2.37. The predicted octanol–water partition coefficient (Wildman–Crippen LogP) is 2.36. The number of hydrogen-bond acceptors (Lipinski definition) is 5. The summed E-state index contributed by atoms with van der Waals surface area (Å²) >= 11 is 1.65. The lowest BCUT2D eigenvalue weighted by atomic mass is 10.1. The molecule has 0 spiro atoms. The molecule has 1 aromatic heterocycles. The number of thiazole rings is 1. The molecule has 0 saturated carbocycles. The number of nitrogens with zero attached hydrogens (tertiary/aromatic N) is 2. The van der Waals surface area contributed by atoms with E-state index in [1.165, 1.54) is 17.0 Å². The average Bonchev–Trinajstić information content (AvgIpc) is 3.03. The maximum Gasteiger partial charge on any atom is 0.191 e. The SMILES string of the molecule is CN=C(NCCc1cc(F)cc2c1OCOC2)NCc1ncc(C)s1. The summed E-state index contributed by atoms with van der Waals surface area (Å²) in [4.78, 5) is 9.68. The standard InChI is InChI=1S/C17H21FN4O2S/c1-11-7-21-15(25-11)8-22-17(19-2)20-4-3-12-5-14(18)6-13-9-23-10-24-16(12)13/h5-7H,3-4,8-10H2,1-2H3,(H2,19,20,22). The lowest BCUT2D eigenvalue weighted by molar-refractivity contribution is -0.0172. The van der Waals surface area contributed by atoms with Crippen molar-refractivity contribution in [3.8, 4) is 5.75 Å². The van der Waals surface area contributed by atoms with Crippen molar-refractivity contribution >= 4 is 17.3 Å². The molecule has 0 bridgehead atoms. The van der Waals surface area contributed by atoms with Gasteiger partial charge in [-0.05, 0) is 31.0 Å². The first-order valence-corrected chi connectivity index (χ1v) is 8.85. The number of rotatable bonds is 5. The van der Waals surface area contributed by atoms with Crippen LogP contribution in [0.4, 0.5) is 4.39 Å². The minimum Gasteiger partial charge on any atom is -0.467 e. The Kier molecular flexibility index (Phi) is 5.83. The maximum atomic E-state index is 13.7. The molecule has 6 nitrogen and oxygen atoms in total. The summed E-state index contributed by atoms with van der Waals surface area (Å²) in [5.41, 5.74) is 1.58. The van der Waals surface area contributed by atoms with Gasteiger partial charge in [-0.1, -0.05) is 0 Å². The van der Waals surface area contributed by atoms with Crippen LogP contribution in [-0.2, 0) is 24.3 Å². The summed E-state index contributed by atoms with van der Waals surface area (Å²) in [6.45, 7) is 3.84. The van der Waals surface area contributed by atoms with Gasteiger partial charge in [-0.3, -0.25) is 4.99 Å². The van der Waals surface area contributed by atoms with E-state index in [4.69, 9.17) is 9.47 Å². The van der Waals surface area contributed by atoms with Crippen LogP contribution in [0.5, 0.6) is 5.75 Å². The van der Waals surface area contributed by atoms with E-state index in [0.717, 1.165) is 21.9 Å². The Morgan fingerprint density at radius 3 is 3.04 bits per heavy atom. The molecule has 8 heteroatoms. The zero-order valence-electron chi connectivity index (χ0n) is 14.3. The van der Waals surface area contributed by atoms with Crippen LogP contribution >= 0.6 is 11.3 Å². The van der Waals surface area contributed by atoms with Gasteiger partial charge in [-0.25, -0.2) is 9.37 Å². The molecular formula is C17H21FN4O2S. The normalized spacial score (nSPS) is 14.0. The summed E-state index contributed by atoms with van der Waals surface area (Å²) in [5.74, 6) is 1.14. The molecule has 0 radical (unpaired) electrons. The molecule has 2 aromatic rings. The Hall–Kier alpha value is -2.19. The zero-order valence-corrected chi connectivity index (χ0v) is 15.1. The molecule has 134 valence electrons. The molecule has 0 aliphatic carbocycles. The Morgan fingerprint density at radius 2 is 2.28 bits per heavy atom. The van der Waals surface area contributed by atoms with Crippen molar-refractivity contribution in [2.45, 2.75) is 26.5 Å². The molecule has 25 heavy (non-hydrogen) atoms. The van der Waals surface area contributed by atoms with Gasteiger partial charge in [0.1, 0.15) is 16.6 Å². The fourth-order valence-corrected chi connectivity index (χ4v) is 3.35. The fourth-order valence-electron chi connectivity index (χ4n) is 2.62. The largest absolute Gasteiger partial charge is 0.467 e. The molecule has 1 aliphatic rings. The molecule has 0 saturated heterocycles. The number of guanidine groups is 1. The highest BCUT2D eigenvalue weighted by atomic mass is 32.1. The van der Waals surface area contributed by atoms with Crippen LogP contribution in [0.15, 0.2) is 23.3 Å². The monoisotopic (exact) mass is 364 g/mol. The number of nitrogens with one attached hydrogen (secondary N) is 2. The van der Waals surface area contributed by atoms with Crippen LogP contribution in [0.3, 0.4) is 0 Å². The third-order valence-corrected chi connectivity index (χ3v) is 4.65. The number of aliphatic imine (C=N–C) groups is 1. The van der Waals surface area contributed by atoms with E-state index in [0.29, 0.717) is 32.1 Å². The minimum atomic E-state index is -0.274. The van der Waals surface area contributed by atoms with Gasteiger partial charge in [0.05, 0.1) is 13.2 Å². The van der Waals surface area contributed by atoms with Crippen LogP contribution in [0.25, 0.3) is 0 Å².